The van der Waals surface area contributed by atoms with Gasteiger partial charge in [-0.1, -0.05) is 12.2 Å². The van der Waals surface area contributed by atoms with Gasteiger partial charge in [0.05, 0.1) is 0 Å². The minimum atomic E-state index is 0.638. The molecule has 0 bridgehead atoms. The Morgan fingerprint density at radius 2 is 2.10 bits per heavy atom. The molecular formula is C9H15N. The summed E-state index contributed by atoms with van der Waals surface area (Å²) in [4.78, 5) is 0. The Morgan fingerprint density at radius 3 is 2.60 bits per heavy atom. The van der Waals surface area contributed by atoms with Crippen molar-refractivity contribution in [3.8, 4) is 0 Å². The van der Waals surface area contributed by atoms with Crippen LogP contribution in [0.15, 0.2) is 12.2 Å². The lowest BCUT2D eigenvalue weighted by molar-refractivity contribution is 0.345. The van der Waals surface area contributed by atoms with Crippen LogP contribution in [0.25, 0.3) is 0 Å². The van der Waals surface area contributed by atoms with Crippen molar-refractivity contribution in [3.05, 3.63) is 12.2 Å². The monoisotopic (exact) mass is 137 g/mol. The summed E-state index contributed by atoms with van der Waals surface area (Å²) < 4.78 is 0. The SMILES string of the molecule is CC1CC2(CC=CC2)CN1. The average molecular weight is 137 g/mol. The number of rotatable bonds is 0. The molecule has 1 aliphatic heterocycles. The third kappa shape index (κ3) is 0.891. The molecule has 2 rings (SSSR count). The molecular weight excluding hydrogens is 122 g/mol. The van der Waals surface area contributed by atoms with Gasteiger partial charge in [-0.15, -0.1) is 0 Å². The average Bonchev–Trinajstić information content (AvgIpc) is 2.46. The molecule has 1 N–H and O–H groups in total. The maximum atomic E-state index is 3.51. The van der Waals surface area contributed by atoms with Crippen LogP contribution < -0.4 is 5.32 Å². The van der Waals surface area contributed by atoms with Crippen molar-refractivity contribution in [3.63, 3.8) is 0 Å². The summed E-state index contributed by atoms with van der Waals surface area (Å²) in [7, 11) is 0. The van der Waals surface area contributed by atoms with Gasteiger partial charge in [-0.2, -0.15) is 0 Å². The summed E-state index contributed by atoms with van der Waals surface area (Å²) in [5, 5.41) is 3.51. The van der Waals surface area contributed by atoms with Crippen molar-refractivity contribution < 1.29 is 0 Å². The van der Waals surface area contributed by atoms with E-state index in [0.717, 1.165) is 6.04 Å². The van der Waals surface area contributed by atoms with Gasteiger partial charge in [0.25, 0.3) is 0 Å². The minimum Gasteiger partial charge on any atom is -0.314 e. The molecule has 1 unspecified atom stereocenters. The van der Waals surface area contributed by atoms with Crippen LogP contribution in [0.1, 0.15) is 26.2 Å². The third-order valence-electron chi connectivity index (χ3n) is 2.83. The second-order valence-corrected chi connectivity index (χ2v) is 3.87. The molecule has 0 aromatic heterocycles. The Hall–Kier alpha value is -0.300. The Bertz CT molecular complexity index is 152. The van der Waals surface area contributed by atoms with E-state index in [9.17, 15) is 0 Å². The van der Waals surface area contributed by atoms with E-state index in [1.54, 1.807) is 0 Å². The van der Waals surface area contributed by atoms with Crippen molar-refractivity contribution in [2.75, 3.05) is 6.54 Å². The quantitative estimate of drug-likeness (QED) is 0.501. The van der Waals surface area contributed by atoms with E-state index in [1.807, 2.05) is 0 Å². The van der Waals surface area contributed by atoms with Crippen LogP contribution in [0.3, 0.4) is 0 Å². The van der Waals surface area contributed by atoms with Crippen LogP contribution in [0.5, 0.6) is 0 Å². The van der Waals surface area contributed by atoms with E-state index in [2.05, 4.69) is 24.4 Å². The highest BCUT2D eigenvalue weighted by atomic mass is 15.0. The van der Waals surface area contributed by atoms with Gasteiger partial charge in [0.15, 0.2) is 0 Å². The van der Waals surface area contributed by atoms with Gasteiger partial charge in [0, 0.05) is 12.6 Å². The fourth-order valence-corrected chi connectivity index (χ4v) is 2.25. The first kappa shape index (κ1) is 6.41. The molecule has 1 spiro atoms. The smallest absolute Gasteiger partial charge is 0.00449 e. The van der Waals surface area contributed by atoms with Crippen molar-refractivity contribution >= 4 is 0 Å². The fourth-order valence-electron chi connectivity index (χ4n) is 2.25. The van der Waals surface area contributed by atoms with Crippen molar-refractivity contribution in [1.82, 2.24) is 5.32 Å². The van der Waals surface area contributed by atoms with Crippen molar-refractivity contribution in [2.45, 2.75) is 32.2 Å². The van der Waals surface area contributed by atoms with E-state index >= 15 is 0 Å². The Labute approximate surface area is 62.5 Å². The first-order valence-corrected chi connectivity index (χ1v) is 4.19. The highest BCUT2D eigenvalue weighted by Crippen LogP contribution is 2.40. The molecule has 1 nitrogen and oxygen atoms in total. The first-order valence-electron chi connectivity index (χ1n) is 4.19. The molecule has 10 heavy (non-hydrogen) atoms. The molecule has 0 radical (unpaired) electrons. The summed E-state index contributed by atoms with van der Waals surface area (Å²) in [6.07, 6.45) is 8.66. The third-order valence-corrected chi connectivity index (χ3v) is 2.83. The molecule has 1 fully saturated rings. The molecule has 1 atom stereocenters. The number of nitrogens with one attached hydrogen (secondary N) is 1. The predicted molar refractivity (Wildman–Crippen MR) is 42.9 cm³/mol. The lowest BCUT2D eigenvalue weighted by atomic mass is 9.83. The standard InChI is InChI=1S/C9H15N/c1-8-6-9(7-10-8)4-2-3-5-9/h2-3,8,10H,4-7H2,1H3. The molecule has 1 heterocycles. The second kappa shape index (κ2) is 2.09. The van der Waals surface area contributed by atoms with Gasteiger partial charge in [-0.25, -0.2) is 0 Å². The van der Waals surface area contributed by atoms with Crippen molar-refractivity contribution in [1.29, 1.82) is 0 Å². The van der Waals surface area contributed by atoms with Gasteiger partial charge >= 0.3 is 0 Å². The number of hydrogen-bond acceptors (Lipinski definition) is 1. The molecule has 1 saturated heterocycles. The summed E-state index contributed by atoms with van der Waals surface area (Å²) in [5.41, 5.74) is 0.638. The van der Waals surface area contributed by atoms with Gasteiger partial charge in [-0.05, 0) is 31.6 Å². The lowest BCUT2D eigenvalue weighted by Crippen LogP contribution is -2.20. The molecule has 0 aromatic rings. The zero-order chi connectivity index (χ0) is 7.03. The molecule has 56 valence electrons. The van der Waals surface area contributed by atoms with Crippen LogP contribution in [0, 0.1) is 5.41 Å². The summed E-state index contributed by atoms with van der Waals surface area (Å²) in [5.74, 6) is 0. The summed E-state index contributed by atoms with van der Waals surface area (Å²) in [6, 6.07) is 0.750. The van der Waals surface area contributed by atoms with E-state index in [1.165, 1.54) is 25.8 Å². The van der Waals surface area contributed by atoms with E-state index < -0.39 is 0 Å². The van der Waals surface area contributed by atoms with Gasteiger partial charge in [-0.3, -0.25) is 0 Å². The van der Waals surface area contributed by atoms with Crippen molar-refractivity contribution in [2.24, 2.45) is 5.41 Å². The number of allylic oxidation sites excluding steroid dienone is 2. The van der Waals surface area contributed by atoms with E-state index in [-0.39, 0.29) is 0 Å². The molecule has 0 aromatic carbocycles. The molecule has 2 aliphatic rings. The Kier molecular flexibility index (Phi) is 1.34. The molecule has 0 amide bonds. The van der Waals surface area contributed by atoms with Crippen LogP contribution in [-0.2, 0) is 0 Å². The highest BCUT2D eigenvalue weighted by Gasteiger charge is 2.36. The minimum absolute atomic E-state index is 0.638. The van der Waals surface area contributed by atoms with E-state index in [4.69, 9.17) is 0 Å². The number of hydrogen-bond donors (Lipinski definition) is 1. The Balaban J connectivity index is 2.05. The van der Waals surface area contributed by atoms with Crippen LogP contribution in [0.4, 0.5) is 0 Å². The maximum Gasteiger partial charge on any atom is 0.00449 e. The first-order chi connectivity index (χ1) is 4.81. The molecule has 0 saturated carbocycles. The summed E-state index contributed by atoms with van der Waals surface area (Å²) in [6.45, 7) is 3.52. The predicted octanol–water partition coefficient (Wildman–Crippen LogP) is 1.70. The van der Waals surface area contributed by atoms with Gasteiger partial charge in [0.2, 0.25) is 0 Å². The Morgan fingerprint density at radius 1 is 1.40 bits per heavy atom. The highest BCUT2D eigenvalue weighted by molar-refractivity contribution is 5.07. The molecule has 1 aliphatic carbocycles. The maximum absolute atomic E-state index is 3.51. The largest absolute Gasteiger partial charge is 0.314 e. The van der Waals surface area contributed by atoms with Crippen LogP contribution in [0.2, 0.25) is 0 Å². The zero-order valence-corrected chi connectivity index (χ0v) is 6.56. The summed E-state index contributed by atoms with van der Waals surface area (Å²) >= 11 is 0. The normalized spacial score (nSPS) is 35.9. The van der Waals surface area contributed by atoms with Crippen LogP contribution in [-0.4, -0.2) is 12.6 Å². The van der Waals surface area contributed by atoms with E-state index in [0.29, 0.717) is 5.41 Å². The van der Waals surface area contributed by atoms with Gasteiger partial charge in [0.1, 0.15) is 0 Å². The molecule has 1 heteroatoms. The second-order valence-electron chi connectivity index (χ2n) is 3.87. The van der Waals surface area contributed by atoms with Gasteiger partial charge < -0.3 is 5.32 Å². The zero-order valence-electron chi connectivity index (χ0n) is 6.56. The topological polar surface area (TPSA) is 12.0 Å². The fraction of sp³-hybridized carbons (Fsp3) is 0.778. The van der Waals surface area contributed by atoms with Crippen LogP contribution >= 0.6 is 0 Å². The lowest BCUT2D eigenvalue weighted by Gasteiger charge is -2.20.